The molecule has 0 amide bonds. The monoisotopic (exact) mass is 353 g/mol. The largest absolute Gasteiger partial charge is 0.326 e. The Kier molecular flexibility index (Phi) is 4.88. The standard InChI is InChI=1S/C13H8Cl5N/c14-8-3-6(5-19)1-2-7(8)11-12(17)9(15)4-10(16)13(11)18/h1-4H,5,19H2. The lowest BCUT2D eigenvalue weighted by Crippen LogP contribution is -1.96. The van der Waals surface area contributed by atoms with Crippen LogP contribution in [-0.4, -0.2) is 0 Å². The molecule has 19 heavy (non-hydrogen) atoms. The van der Waals surface area contributed by atoms with Gasteiger partial charge in [-0.05, 0) is 17.7 Å². The second-order valence-corrected chi connectivity index (χ2v) is 5.84. The predicted molar refractivity (Wildman–Crippen MR) is 84.8 cm³/mol. The van der Waals surface area contributed by atoms with E-state index in [4.69, 9.17) is 63.7 Å². The number of benzene rings is 2. The molecule has 0 aromatic heterocycles. The summed E-state index contributed by atoms with van der Waals surface area (Å²) in [4.78, 5) is 0. The average molecular weight is 355 g/mol. The Hall–Kier alpha value is -0.150. The zero-order chi connectivity index (χ0) is 14.2. The summed E-state index contributed by atoms with van der Waals surface area (Å²) in [6.45, 7) is 0.401. The molecule has 0 fully saturated rings. The van der Waals surface area contributed by atoms with Gasteiger partial charge < -0.3 is 5.73 Å². The van der Waals surface area contributed by atoms with Crippen molar-refractivity contribution in [1.82, 2.24) is 0 Å². The van der Waals surface area contributed by atoms with E-state index in [-0.39, 0.29) is 0 Å². The van der Waals surface area contributed by atoms with Gasteiger partial charge >= 0.3 is 0 Å². The first kappa shape index (κ1) is 15.2. The summed E-state index contributed by atoms with van der Waals surface area (Å²) in [6.07, 6.45) is 0. The maximum absolute atomic E-state index is 6.23. The molecule has 1 nitrogen and oxygen atoms in total. The zero-order valence-electron chi connectivity index (χ0n) is 9.48. The number of nitrogens with two attached hydrogens (primary N) is 1. The van der Waals surface area contributed by atoms with Crippen LogP contribution < -0.4 is 5.73 Å². The summed E-state index contributed by atoms with van der Waals surface area (Å²) in [5.41, 5.74) is 7.66. The van der Waals surface area contributed by atoms with E-state index in [0.29, 0.717) is 42.8 Å². The summed E-state index contributed by atoms with van der Waals surface area (Å²) in [7, 11) is 0. The van der Waals surface area contributed by atoms with E-state index in [1.807, 2.05) is 6.07 Å². The summed E-state index contributed by atoms with van der Waals surface area (Å²) in [5, 5.41) is 1.78. The van der Waals surface area contributed by atoms with E-state index in [1.165, 1.54) is 6.07 Å². The van der Waals surface area contributed by atoms with E-state index in [1.54, 1.807) is 12.1 Å². The van der Waals surface area contributed by atoms with Gasteiger partial charge in [0, 0.05) is 22.7 Å². The van der Waals surface area contributed by atoms with Gasteiger partial charge in [-0.1, -0.05) is 70.1 Å². The Bertz CT molecular complexity index is 613. The summed E-state index contributed by atoms with van der Waals surface area (Å²) < 4.78 is 0. The molecular formula is C13H8Cl5N. The maximum Gasteiger partial charge on any atom is 0.0687 e. The van der Waals surface area contributed by atoms with E-state index in [0.717, 1.165) is 5.56 Å². The Labute approximate surface area is 136 Å². The van der Waals surface area contributed by atoms with Gasteiger partial charge in [-0.2, -0.15) is 0 Å². The van der Waals surface area contributed by atoms with E-state index < -0.39 is 0 Å². The van der Waals surface area contributed by atoms with Crippen LogP contribution in [0.25, 0.3) is 11.1 Å². The first-order chi connectivity index (χ1) is 8.95. The number of hydrogen-bond acceptors (Lipinski definition) is 1. The van der Waals surface area contributed by atoms with Crippen LogP contribution in [0.2, 0.25) is 25.1 Å². The van der Waals surface area contributed by atoms with E-state index in [9.17, 15) is 0 Å². The molecule has 100 valence electrons. The Morgan fingerprint density at radius 1 is 0.789 bits per heavy atom. The van der Waals surface area contributed by atoms with Crippen LogP contribution in [0.1, 0.15) is 5.56 Å². The number of hydrogen-bond donors (Lipinski definition) is 1. The van der Waals surface area contributed by atoms with Crippen LogP contribution in [0.5, 0.6) is 0 Å². The molecule has 0 aliphatic heterocycles. The Balaban J connectivity index is 2.72. The van der Waals surface area contributed by atoms with Gasteiger partial charge in [0.1, 0.15) is 0 Å². The fourth-order valence-corrected chi connectivity index (χ4v) is 3.01. The smallest absolute Gasteiger partial charge is 0.0687 e. The highest BCUT2D eigenvalue weighted by Gasteiger charge is 2.17. The van der Waals surface area contributed by atoms with Gasteiger partial charge in [0.15, 0.2) is 0 Å². The molecule has 0 heterocycles. The number of halogens is 5. The third-order valence-electron chi connectivity index (χ3n) is 2.65. The van der Waals surface area contributed by atoms with Gasteiger partial charge in [0.2, 0.25) is 0 Å². The first-order valence-corrected chi connectivity index (χ1v) is 7.16. The molecule has 0 bridgehead atoms. The lowest BCUT2D eigenvalue weighted by atomic mass is 10.0. The van der Waals surface area contributed by atoms with Crippen molar-refractivity contribution in [2.24, 2.45) is 5.73 Å². The molecule has 0 aliphatic rings. The van der Waals surface area contributed by atoms with Crippen molar-refractivity contribution < 1.29 is 0 Å². The first-order valence-electron chi connectivity index (χ1n) is 5.27. The van der Waals surface area contributed by atoms with Crippen molar-refractivity contribution in [3.05, 3.63) is 54.9 Å². The predicted octanol–water partition coefficient (Wildman–Crippen LogP) is 6.08. The second kappa shape index (κ2) is 6.09. The van der Waals surface area contributed by atoms with Crippen molar-refractivity contribution in [1.29, 1.82) is 0 Å². The van der Waals surface area contributed by atoms with Gasteiger partial charge in [-0.15, -0.1) is 0 Å². The average Bonchev–Trinajstić information content (AvgIpc) is 2.38. The number of rotatable bonds is 2. The molecule has 6 heteroatoms. The Morgan fingerprint density at radius 3 is 1.84 bits per heavy atom. The minimum Gasteiger partial charge on any atom is -0.326 e. The third kappa shape index (κ3) is 2.97. The summed E-state index contributed by atoms with van der Waals surface area (Å²) in [6, 6.07) is 6.91. The van der Waals surface area contributed by atoms with E-state index in [2.05, 4.69) is 0 Å². The molecule has 0 radical (unpaired) electrons. The molecule has 0 spiro atoms. The highest BCUT2D eigenvalue weighted by Crippen LogP contribution is 2.45. The molecule has 0 aliphatic carbocycles. The molecular weight excluding hydrogens is 347 g/mol. The van der Waals surface area contributed by atoms with Crippen LogP contribution in [0.4, 0.5) is 0 Å². The summed E-state index contributed by atoms with van der Waals surface area (Å²) >= 11 is 30.6. The van der Waals surface area contributed by atoms with Crippen molar-refractivity contribution in [3.63, 3.8) is 0 Å². The summed E-state index contributed by atoms with van der Waals surface area (Å²) in [5.74, 6) is 0. The van der Waals surface area contributed by atoms with Gasteiger partial charge in [0.05, 0.1) is 20.1 Å². The highest BCUT2D eigenvalue weighted by molar-refractivity contribution is 6.50. The van der Waals surface area contributed by atoms with Crippen LogP contribution in [-0.2, 0) is 6.54 Å². The topological polar surface area (TPSA) is 26.0 Å². The molecule has 0 saturated heterocycles. The lowest BCUT2D eigenvalue weighted by Gasteiger charge is -2.12. The van der Waals surface area contributed by atoms with Crippen LogP contribution in [0, 0.1) is 0 Å². The van der Waals surface area contributed by atoms with Crippen molar-refractivity contribution in [3.8, 4) is 11.1 Å². The van der Waals surface area contributed by atoms with Crippen molar-refractivity contribution in [2.45, 2.75) is 6.54 Å². The Morgan fingerprint density at radius 2 is 1.37 bits per heavy atom. The van der Waals surface area contributed by atoms with E-state index >= 15 is 0 Å². The minimum atomic E-state index is 0.318. The fraction of sp³-hybridized carbons (Fsp3) is 0.0769. The normalized spacial score (nSPS) is 10.8. The van der Waals surface area contributed by atoms with Crippen LogP contribution in [0.3, 0.4) is 0 Å². The molecule has 2 rings (SSSR count). The molecule has 0 atom stereocenters. The van der Waals surface area contributed by atoms with Gasteiger partial charge in [-0.25, -0.2) is 0 Å². The SMILES string of the molecule is NCc1ccc(-c2c(Cl)c(Cl)cc(Cl)c2Cl)c(Cl)c1. The van der Waals surface area contributed by atoms with Crippen LogP contribution >= 0.6 is 58.0 Å². The lowest BCUT2D eigenvalue weighted by molar-refractivity contribution is 1.07. The second-order valence-electron chi connectivity index (χ2n) is 3.86. The zero-order valence-corrected chi connectivity index (χ0v) is 13.3. The maximum atomic E-state index is 6.23. The van der Waals surface area contributed by atoms with Crippen LogP contribution in [0.15, 0.2) is 24.3 Å². The van der Waals surface area contributed by atoms with Crippen molar-refractivity contribution >= 4 is 58.0 Å². The minimum absolute atomic E-state index is 0.318. The van der Waals surface area contributed by atoms with Gasteiger partial charge in [-0.3, -0.25) is 0 Å². The molecule has 0 saturated carbocycles. The molecule has 0 unspecified atom stereocenters. The highest BCUT2D eigenvalue weighted by atomic mass is 35.5. The van der Waals surface area contributed by atoms with Gasteiger partial charge in [0.25, 0.3) is 0 Å². The fourth-order valence-electron chi connectivity index (χ4n) is 1.70. The molecule has 2 aromatic rings. The third-order valence-corrected chi connectivity index (χ3v) is 4.54. The molecule has 2 aromatic carbocycles. The quantitative estimate of drug-likeness (QED) is 0.649. The molecule has 2 N–H and O–H groups in total. The van der Waals surface area contributed by atoms with Crippen molar-refractivity contribution in [2.75, 3.05) is 0 Å².